The van der Waals surface area contributed by atoms with Crippen LogP contribution < -0.4 is 15.6 Å². The number of fused-ring (bicyclic) bond motifs is 1. The maximum Gasteiger partial charge on any atom is 0.263 e. The molecule has 2 aromatic heterocycles. The van der Waals surface area contributed by atoms with Crippen LogP contribution in [0.3, 0.4) is 0 Å². The minimum absolute atomic E-state index is 0.0295. The molecule has 0 spiro atoms. The molecule has 3 rings (SSSR count). The SMILES string of the molecule is COc1ccc(-c2csc3nc(C)n(CC(=O)NCC(C)C)c(=O)c23)cc1. The number of ether oxygens (including phenoxy) is 1. The standard InChI is InChI=1S/C20H23N3O3S/c1-12(2)9-21-17(24)10-23-13(3)22-19-18(20(23)25)16(11-27-19)14-5-7-15(26-4)8-6-14/h5-8,11-12H,9-10H2,1-4H3,(H,21,24). The number of carbonyl (C=O) groups excluding carboxylic acids is 1. The van der Waals surface area contributed by atoms with E-state index in [0.29, 0.717) is 28.5 Å². The number of hydrogen-bond acceptors (Lipinski definition) is 5. The molecule has 1 aromatic carbocycles. The molecule has 7 heteroatoms. The van der Waals surface area contributed by atoms with E-state index in [1.807, 2.05) is 43.5 Å². The lowest BCUT2D eigenvalue weighted by Crippen LogP contribution is -2.35. The highest BCUT2D eigenvalue weighted by molar-refractivity contribution is 7.17. The summed E-state index contributed by atoms with van der Waals surface area (Å²) in [6, 6.07) is 7.55. The first-order chi connectivity index (χ1) is 12.9. The third-order valence-electron chi connectivity index (χ3n) is 4.29. The van der Waals surface area contributed by atoms with Crippen LogP contribution in [0.5, 0.6) is 5.75 Å². The van der Waals surface area contributed by atoms with Gasteiger partial charge < -0.3 is 10.1 Å². The second-order valence-electron chi connectivity index (χ2n) is 6.81. The van der Waals surface area contributed by atoms with Gasteiger partial charge in [0.25, 0.3) is 5.56 Å². The number of nitrogens with one attached hydrogen (secondary N) is 1. The van der Waals surface area contributed by atoms with Crippen LogP contribution in [0.25, 0.3) is 21.3 Å². The molecule has 0 aliphatic rings. The van der Waals surface area contributed by atoms with Gasteiger partial charge in [0.15, 0.2) is 0 Å². The van der Waals surface area contributed by atoms with Crippen LogP contribution in [0, 0.1) is 12.8 Å². The third-order valence-corrected chi connectivity index (χ3v) is 5.17. The summed E-state index contributed by atoms with van der Waals surface area (Å²) in [6.45, 7) is 6.36. The zero-order valence-electron chi connectivity index (χ0n) is 15.9. The lowest BCUT2D eigenvalue weighted by atomic mass is 10.1. The van der Waals surface area contributed by atoms with Crippen LogP contribution in [-0.4, -0.2) is 29.1 Å². The average Bonchev–Trinajstić information content (AvgIpc) is 3.07. The van der Waals surface area contributed by atoms with Crippen LogP contribution in [0.4, 0.5) is 0 Å². The number of rotatable bonds is 6. The number of aromatic nitrogens is 2. The molecule has 2 heterocycles. The summed E-state index contributed by atoms with van der Waals surface area (Å²) in [5, 5.41) is 5.33. The zero-order chi connectivity index (χ0) is 19.6. The van der Waals surface area contributed by atoms with Crippen molar-refractivity contribution in [3.05, 3.63) is 45.8 Å². The molecule has 142 valence electrons. The number of thiophene rings is 1. The summed E-state index contributed by atoms with van der Waals surface area (Å²) in [5.74, 6) is 1.46. The molecule has 27 heavy (non-hydrogen) atoms. The normalized spacial score (nSPS) is 11.1. The van der Waals surface area contributed by atoms with Crippen molar-refractivity contribution in [2.24, 2.45) is 5.92 Å². The van der Waals surface area contributed by atoms with Gasteiger partial charge in [-0.3, -0.25) is 14.2 Å². The third kappa shape index (κ3) is 4.03. The monoisotopic (exact) mass is 385 g/mol. The molecule has 0 unspecified atom stereocenters. The number of hydrogen-bond donors (Lipinski definition) is 1. The Bertz CT molecular complexity index is 1020. The van der Waals surface area contributed by atoms with E-state index in [1.165, 1.54) is 15.9 Å². The van der Waals surface area contributed by atoms with Crippen LogP contribution in [0.15, 0.2) is 34.4 Å². The van der Waals surface area contributed by atoms with Crippen molar-refractivity contribution in [1.82, 2.24) is 14.9 Å². The molecule has 0 radical (unpaired) electrons. The van der Waals surface area contributed by atoms with Crippen molar-refractivity contribution in [2.75, 3.05) is 13.7 Å². The summed E-state index contributed by atoms with van der Waals surface area (Å²) >= 11 is 1.43. The molecule has 0 saturated carbocycles. The molecule has 6 nitrogen and oxygen atoms in total. The number of amides is 1. The summed E-state index contributed by atoms with van der Waals surface area (Å²) in [7, 11) is 1.62. The van der Waals surface area contributed by atoms with E-state index in [1.54, 1.807) is 14.0 Å². The van der Waals surface area contributed by atoms with Gasteiger partial charge in [-0.1, -0.05) is 26.0 Å². The Hall–Kier alpha value is -2.67. The molecule has 0 saturated heterocycles. The number of nitrogens with zero attached hydrogens (tertiary/aromatic N) is 2. The van der Waals surface area contributed by atoms with Crippen molar-refractivity contribution in [3.63, 3.8) is 0 Å². The molecule has 0 fully saturated rings. The maximum absolute atomic E-state index is 13.1. The van der Waals surface area contributed by atoms with Gasteiger partial charge >= 0.3 is 0 Å². The number of carbonyl (C=O) groups is 1. The van der Waals surface area contributed by atoms with Gasteiger partial charge in [0, 0.05) is 17.5 Å². The molecule has 0 bridgehead atoms. The Labute approximate surface area is 161 Å². The Balaban J connectivity index is 2.01. The van der Waals surface area contributed by atoms with Crippen molar-refractivity contribution in [3.8, 4) is 16.9 Å². The van der Waals surface area contributed by atoms with Gasteiger partial charge in [0.2, 0.25) is 5.91 Å². The van der Waals surface area contributed by atoms with Gasteiger partial charge in [-0.15, -0.1) is 11.3 Å². The fourth-order valence-corrected chi connectivity index (χ4v) is 3.80. The van der Waals surface area contributed by atoms with E-state index in [0.717, 1.165) is 16.9 Å². The van der Waals surface area contributed by atoms with E-state index in [4.69, 9.17) is 4.74 Å². The Morgan fingerprint density at radius 2 is 2.00 bits per heavy atom. The van der Waals surface area contributed by atoms with Gasteiger partial charge in [0.05, 0.1) is 12.5 Å². The van der Waals surface area contributed by atoms with E-state index in [-0.39, 0.29) is 18.0 Å². The van der Waals surface area contributed by atoms with E-state index in [2.05, 4.69) is 10.3 Å². The maximum atomic E-state index is 13.1. The first-order valence-corrected chi connectivity index (χ1v) is 9.68. The second-order valence-corrected chi connectivity index (χ2v) is 7.66. The van der Waals surface area contributed by atoms with Crippen molar-refractivity contribution in [1.29, 1.82) is 0 Å². The van der Waals surface area contributed by atoms with Crippen LogP contribution >= 0.6 is 11.3 Å². The Morgan fingerprint density at radius 3 is 2.63 bits per heavy atom. The molecular weight excluding hydrogens is 362 g/mol. The highest BCUT2D eigenvalue weighted by Crippen LogP contribution is 2.31. The van der Waals surface area contributed by atoms with Crippen LogP contribution in [0.1, 0.15) is 19.7 Å². The molecular formula is C20H23N3O3S. The van der Waals surface area contributed by atoms with Gasteiger partial charge in [-0.2, -0.15) is 0 Å². The number of benzene rings is 1. The summed E-state index contributed by atoms with van der Waals surface area (Å²) in [4.78, 5) is 30.6. The Morgan fingerprint density at radius 1 is 1.30 bits per heavy atom. The molecule has 3 aromatic rings. The first-order valence-electron chi connectivity index (χ1n) is 8.80. The first kappa shape index (κ1) is 19.1. The fraction of sp³-hybridized carbons (Fsp3) is 0.350. The molecule has 0 aliphatic heterocycles. The minimum Gasteiger partial charge on any atom is -0.497 e. The quantitative estimate of drug-likeness (QED) is 0.707. The second kappa shape index (κ2) is 7.92. The van der Waals surface area contributed by atoms with Gasteiger partial charge in [-0.05, 0) is 30.5 Å². The summed E-state index contributed by atoms with van der Waals surface area (Å²) < 4.78 is 6.64. The smallest absolute Gasteiger partial charge is 0.263 e. The van der Waals surface area contributed by atoms with Crippen molar-refractivity contribution in [2.45, 2.75) is 27.3 Å². The predicted octanol–water partition coefficient (Wildman–Crippen LogP) is 3.21. The number of methoxy groups -OCH3 is 1. The van der Waals surface area contributed by atoms with Crippen LogP contribution in [-0.2, 0) is 11.3 Å². The van der Waals surface area contributed by atoms with E-state index >= 15 is 0 Å². The zero-order valence-corrected chi connectivity index (χ0v) is 16.7. The minimum atomic E-state index is -0.190. The molecule has 1 N–H and O–H groups in total. The van der Waals surface area contributed by atoms with Gasteiger partial charge in [-0.25, -0.2) is 4.98 Å². The van der Waals surface area contributed by atoms with E-state index < -0.39 is 0 Å². The molecule has 1 amide bonds. The van der Waals surface area contributed by atoms with Crippen LogP contribution in [0.2, 0.25) is 0 Å². The largest absolute Gasteiger partial charge is 0.497 e. The average molecular weight is 385 g/mol. The van der Waals surface area contributed by atoms with E-state index in [9.17, 15) is 9.59 Å². The lowest BCUT2D eigenvalue weighted by molar-refractivity contribution is -0.121. The molecule has 0 aliphatic carbocycles. The van der Waals surface area contributed by atoms with Gasteiger partial charge in [0.1, 0.15) is 22.9 Å². The predicted molar refractivity (Wildman–Crippen MR) is 108 cm³/mol. The van der Waals surface area contributed by atoms with Crippen molar-refractivity contribution < 1.29 is 9.53 Å². The highest BCUT2D eigenvalue weighted by Gasteiger charge is 2.17. The van der Waals surface area contributed by atoms with Crippen molar-refractivity contribution >= 4 is 27.5 Å². The Kier molecular flexibility index (Phi) is 5.60. The lowest BCUT2D eigenvalue weighted by Gasteiger charge is -2.12. The fourth-order valence-electron chi connectivity index (χ4n) is 2.81. The topological polar surface area (TPSA) is 73.2 Å². The number of aryl methyl sites for hydroxylation is 1. The molecule has 0 atom stereocenters. The summed E-state index contributed by atoms with van der Waals surface area (Å²) in [6.07, 6.45) is 0. The highest BCUT2D eigenvalue weighted by atomic mass is 32.1. The summed E-state index contributed by atoms with van der Waals surface area (Å²) in [5.41, 5.74) is 1.55.